The van der Waals surface area contributed by atoms with E-state index in [-0.39, 0.29) is 42.6 Å². The molecule has 2 N–H and O–H groups in total. The maximum atomic E-state index is 12.3. The summed E-state index contributed by atoms with van der Waals surface area (Å²) in [4.78, 5) is 31.8. The topological polar surface area (TPSA) is 110 Å². The number of nitrogens with one attached hydrogen (secondary N) is 1. The first-order valence-corrected chi connectivity index (χ1v) is 6.30. The zero-order chi connectivity index (χ0) is 14.7. The van der Waals surface area contributed by atoms with Crippen molar-refractivity contribution in [3.63, 3.8) is 0 Å². The van der Waals surface area contributed by atoms with Crippen molar-refractivity contribution in [2.75, 3.05) is 6.61 Å². The fraction of sp³-hybridized carbons (Fsp3) is 0.500. The maximum Gasteiger partial charge on any atom is 0.306 e. The van der Waals surface area contributed by atoms with Crippen LogP contribution >= 0.6 is 0 Å². The molecule has 0 radical (unpaired) electrons. The van der Waals surface area contributed by atoms with E-state index >= 15 is 0 Å². The van der Waals surface area contributed by atoms with Crippen LogP contribution in [0.3, 0.4) is 0 Å². The Balaban J connectivity index is 2.33. The van der Waals surface area contributed by atoms with Gasteiger partial charge in [-0.3, -0.25) is 14.7 Å². The Bertz CT molecular complexity index is 689. The average molecular weight is 280 g/mol. The molecule has 0 spiro atoms. The van der Waals surface area contributed by atoms with Gasteiger partial charge in [-0.05, 0) is 20.3 Å². The molecule has 0 aliphatic heterocycles. The highest BCUT2D eigenvalue weighted by molar-refractivity contribution is 5.69. The summed E-state index contributed by atoms with van der Waals surface area (Å²) in [7, 11) is 0. The molecule has 2 aromatic heterocycles. The largest absolute Gasteiger partial charge is 0.466 e. The van der Waals surface area contributed by atoms with Crippen LogP contribution in [0.25, 0.3) is 5.78 Å². The van der Waals surface area contributed by atoms with Crippen molar-refractivity contribution in [1.29, 1.82) is 0 Å². The van der Waals surface area contributed by atoms with Crippen molar-refractivity contribution in [1.82, 2.24) is 19.6 Å². The lowest BCUT2D eigenvalue weighted by atomic mass is 10.1. The summed E-state index contributed by atoms with van der Waals surface area (Å²) in [6.07, 6.45) is 0.381. The minimum atomic E-state index is -0.350. The third-order valence-corrected chi connectivity index (χ3v) is 2.88. The molecule has 8 heteroatoms. The first kappa shape index (κ1) is 14.2. The summed E-state index contributed by atoms with van der Waals surface area (Å²) in [5, 5.41) is 11.7. The first-order valence-electron chi connectivity index (χ1n) is 6.30. The smallest absolute Gasteiger partial charge is 0.306 e. The van der Waals surface area contributed by atoms with Gasteiger partial charge in [0.05, 0.1) is 12.3 Å². The van der Waals surface area contributed by atoms with Gasteiger partial charge >= 0.3 is 5.97 Å². The van der Waals surface area contributed by atoms with E-state index in [2.05, 4.69) is 15.1 Å². The summed E-state index contributed by atoms with van der Waals surface area (Å²) in [6, 6.07) is 0. The van der Waals surface area contributed by atoms with Crippen molar-refractivity contribution >= 4 is 11.7 Å². The summed E-state index contributed by atoms with van der Waals surface area (Å²) >= 11 is 0. The van der Waals surface area contributed by atoms with Gasteiger partial charge in [0.15, 0.2) is 5.82 Å². The lowest BCUT2D eigenvalue weighted by Gasteiger charge is -2.04. The number of nitrogens with zero attached hydrogens (tertiary/aromatic N) is 3. The third kappa shape index (κ3) is 2.69. The summed E-state index contributed by atoms with van der Waals surface area (Å²) in [6.45, 7) is 3.43. The minimum Gasteiger partial charge on any atom is -0.466 e. The number of aliphatic hydroxyl groups excluding tert-OH is 1. The van der Waals surface area contributed by atoms with E-state index in [1.54, 1.807) is 13.8 Å². The summed E-state index contributed by atoms with van der Waals surface area (Å²) < 4.78 is 6.00. The standard InChI is InChI=1S/C12H16N4O4/c1-3-20-10(18)5-4-8-7(2)13-12-14-9(6-17)15-16(12)11(8)19/h17H,3-6H2,1-2H3,(H,13,14,15). The van der Waals surface area contributed by atoms with Crippen LogP contribution in [-0.4, -0.2) is 37.3 Å². The zero-order valence-corrected chi connectivity index (χ0v) is 11.3. The number of hydrogen-bond acceptors (Lipinski definition) is 6. The maximum absolute atomic E-state index is 12.3. The van der Waals surface area contributed by atoms with Crippen LogP contribution in [0.15, 0.2) is 4.79 Å². The molecule has 0 bridgehead atoms. The monoisotopic (exact) mass is 280 g/mol. The Labute approximate surface area is 114 Å². The van der Waals surface area contributed by atoms with E-state index in [0.29, 0.717) is 17.9 Å². The number of H-pyrrole nitrogens is 1. The molecular formula is C12H16N4O4. The summed E-state index contributed by atoms with van der Waals surface area (Å²) in [5.41, 5.74) is 0.642. The molecule has 0 fully saturated rings. The van der Waals surface area contributed by atoms with Gasteiger partial charge < -0.3 is 9.84 Å². The molecule has 0 atom stereocenters. The van der Waals surface area contributed by atoms with Crippen molar-refractivity contribution < 1.29 is 14.6 Å². The number of aryl methyl sites for hydroxylation is 1. The Morgan fingerprint density at radius 1 is 1.45 bits per heavy atom. The second kappa shape index (κ2) is 5.83. The molecule has 2 rings (SSSR count). The third-order valence-electron chi connectivity index (χ3n) is 2.88. The molecule has 0 aromatic carbocycles. The van der Waals surface area contributed by atoms with E-state index in [9.17, 15) is 9.59 Å². The molecule has 0 aliphatic carbocycles. The number of aliphatic hydroxyl groups is 1. The molecule has 20 heavy (non-hydrogen) atoms. The van der Waals surface area contributed by atoms with Crippen molar-refractivity contribution in [2.45, 2.75) is 33.3 Å². The van der Waals surface area contributed by atoms with Crippen LogP contribution in [-0.2, 0) is 22.6 Å². The number of rotatable bonds is 5. The van der Waals surface area contributed by atoms with Crippen molar-refractivity contribution in [2.24, 2.45) is 0 Å². The normalized spacial score (nSPS) is 10.9. The molecule has 0 aliphatic rings. The number of esters is 1. The molecule has 108 valence electrons. The van der Waals surface area contributed by atoms with Crippen LogP contribution < -0.4 is 5.56 Å². The predicted octanol–water partition coefficient (Wildman–Crippen LogP) is -0.286. The van der Waals surface area contributed by atoms with Crippen LogP contribution in [0.4, 0.5) is 0 Å². The Morgan fingerprint density at radius 3 is 2.85 bits per heavy atom. The fourth-order valence-corrected chi connectivity index (χ4v) is 1.92. The molecule has 0 saturated heterocycles. The predicted molar refractivity (Wildman–Crippen MR) is 69.2 cm³/mol. The number of ether oxygens (including phenoxy) is 1. The van der Waals surface area contributed by atoms with Gasteiger partial charge in [-0.2, -0.15) is 9.50 Å². The highest BCUT2D eigenvalue weighted by atomic mass is 16.5. The highest BCUT2D eigenvalue weighted by Gasteiger charge is 2.14. The molecule has 0 amide bonds. The van der Waals surface area contributed by atoms with Gasteiger partial charge in [0.25, 0.3) is 11.3 Å². The van der Waals surface area contributed by atoms with E-state index in [1.807, 2.05) is 0 Å². The van der Waals surface area contributed by atoms with Gasteiger partial charge in [-0.15, -0.1) is 0 Å². The fourth-order valence-electron chi connectivity index (χ4n) is 1.92. The molecule has 8 nitrogen and oxygen atoms in total. The quantitative estimate of drug-likeness (QED) is 0.729. The number of carbonyl (C=O) groups excluding carboxylic acids is 1. The molecule has 2 aromatic rings. The minimum absolute atomic E-state index is 0.124. The Kier molecular flexibility index (Phi) is 4.14. The SMILES string of the molecule is CCOC(=O)CCc1c(C)nc2nc(CO)[nH]n2c1=O. The number of fused-ring (bicyclic) bond motifs is 1. The van der Waals surface area contributed by atoms with E-state index in [4.69, 9.17) is 9.84 Å². The second-order valence-corrected chi connectivity index (χ2v) is 4.25. The van der Waals surface area contributed by atoms with E-state index in [1.165, 1.54) is 4.52 Å². The molecule has 2 heterocycles. The molecular weight excluding hydrogens is 264 g/mol. The zero-order valence-electron chi connectivity index (χ0n) is 11.3. The van der Waals surface area contributed by atoms with Gasteiger partial charge in [0.1, 0.15) is 6.61 Å². The summed E-state index contributed by atoms with van der Waals surface area (Å²) in [5.74, 6) is 0.116. The molecule has 0 saturated carbocycles. The average Bonchev–Trinajstić information content (AvgIpc) is 2.82. The van der Waals surface area contributed by atoms with Gasteiger partial charge in [0, 0.05) is 12.0 Å². The number of carbonyl (C=O) groups is 1. The highest BCUT2D eigenvalue weighted by Crippen LogP contribution is 2.06. The van der Waals surface area contributed by atoms with Crippen LogP contribution in [0.5, 0.6) is 0 Å². The van der Waals surface area contributed by atoms with Gasteiger partial charge in [-0.1, -0.05) is 0 Å². The van der Waals surface area contributed by atoms with Crippen molar-refractivity contribution in [3.05, 3.63) is 27.4 Å². The lowest BCUT2D eigenvalue weighted by Crippen LogP contribution is -2.23. The Hall–Kier alpha value is -2.22. The van der Waals surface area contributed by atoms with Gasteiger partial charge in [-0.25, -0.2) is 4.98 Å². The van der Waals surface area contributed by atoms with E-state index in [0.717, 1.165) is 0 Å². The van der Waals surface area contributed by atoms with Crippen LogP contribution in [0, 0.1) is 6.92 Å². The van der Waals surface area contributed by atoms with E-state index < -0.39 is 0 Å². The number of aromatic amines is 1. The molecule has 0 unspecified atom stereocenters. The first-order chi connectivity index (χ1) is 9.56. The second-order valence-electron chi connectivity index (χ2n) is 4.25. The lowest BCUT2D eigenvalue weighted by molar-refractivity contribution is -0.143. The Morgan fingerprint density at radius 2 is 2.20 bits per heavy atom. The van der Waals surface area contributed by atoms with Crippen LogP contribution in [0.1, 0.15) is 30.4 Å². The number of hydrogen-bond donors (Lipinski definition) is 2. The van der Waals surface area contributed by atoms with Gasteiger partial charge in [0.2, 0.25) is 0 Å². The number of aromatic nitrogens is 4. The van der Waals surface area contributed by atoms with Crippen LogP contribution in [0.2, 0.25) is 0 Å². The van der Waals surface area contributed by atoms with Crippen molar-refractivity contribution in [3.8, 4) is 0 Å².